The van der Waals surface area contributed by atoms with Crippen LogP contribution in [-0.4, -0.2) is 57.1 Å². The van der Waals surface area contributed by atoms with E-state index in [9.17, 15) is 9.18 Å². The Kier molecular flexibility index (Phi) is 7.30. The molecule has 5 nitrogen and oxygen atoms in total. The van der Waals surface area contributed by atoms with E-state index in [0.717, 1.165) is 37.6 Å². The predicted octanol–water partition coefficient (Wildman–Crippen LogP) is 4.64. The van der Waals surface area contributed by atoms with E-state index in [1.807, 2.05) is 55.4 Å². The highest BCUT2D eigenvalue weighted by Crippen LogP contribution is 2.30. The largest absolute Gasteiger partial charge is 0.378 e. The second-order valence-electron chi connectivity index (χ2n) is 8.66. The first kappa shape index (κ1) is 23.3. The monoisotopic (exact) mass is 466 g/mol. The number of amides is 1. The van der Waals surface area contributed by atoms with Crippen LogP contribution in [0.4, 0.5) is 15.8 Å². The molecule has 0 saturated carbocycles. The number of hydrogen-bond acceptors (Lipinski definition) is 5. The molecule has 0 spiro atoms. The number of nitrogens with one attached hydrogen (secondary N) is 1. The van der Waals surface area contributed by atoms with Gasteiger partial charge < -0.3 is 15.1 Å². The molecule has 2 aromatic carbocycles. The van der Waals surface area contributed by atoms with Gasteiger partial charge in [0.2, 0.25) is 0 Å². The van der Waals surface area contributed by atoms with E-state index in [2.05, 4.69) is 39.6 Å². The Bertz CT molecular complexity index is 1030. The summed E-state index contributed by atoms with van der Waals surface area (Å²) in [7, 11) is 3.97. The summed E-state index contributed by atoms with van der Waals surface area (Å²) in [6, 6.07) is 18.6. The average molecular weight is 467 g/mol. The fraction of sp³-hybridized carbons (Fsp3) is 0.346. The molecular weight excluding hydrogens is 435 g/mol. The van der Waals surface area contributed by atoms with E-state index in [0.29, 0.717) is 5.56 Å². The van der Waals surface area contributed by atoms with Gasteiger partial charge in [-0.25, -0.2) is 4.39 Å². The Morgan fingerprint density at radius 3 is 2.24 bits per heavy atom. The normalized spacial score (nSPS) is 16.3. The van der Waals surface area contributed by atoms with E-state index in [1.165, 1.54) is 17.0 Å². The molecule has 3 aromatic rings. The van der Waals surface area contributed by atoms with Crippen molar-refractivity contribution in [3.8, 4) is 0 Å². The van der Waals surface area contributed by atoms with Gasteiger partial charge in [0, 0.05) is 68.1 Å². The van der Waals surface area contributed by atoms with Crippen LogP contribution in [0.5, 0.6) is 0 Å². The summed E-state index contributed by atoms with van der Waals surface area (Å²) in [6.07, 6.45) is 0. The molecule has 7 heteroatoms. The minimum absolute atomic E-state index is 0.0537. The van der Waals surface area contributed by atoms with E-state index in [1.54, 1.807) is 11.3 Å². The summed E-state index contributed by atoms with van der Waals surface area (Å²) in [5.74, 6) is -0.268. The van der Waals surface area contributed by atoms with Crippen molar-refractivity contribution in [2.45, 2.75) is 19.0 Å². The number of hydrogen-bond donors (Lipinski definition) is 1. The zero-order valence-corrected chi connectivity index (χ0v) is 20.2. The first-order valence-corrected chi connectivity index (χ1v) is 12.2. The van der Waals surface area contributed by atoms with Gasteiger partial charge in [0.1, 0.15) is 5.82 Å². The van der Waals surface area contributed by atoms with Crippen molar-refractivity contribution in [2.24, 2.45) is 0 Å². The van der Waals surface area contributed by atoms with Crippen molar-refractivity contribution < 1.29 is 9.18 Å². The lowest BCUT2D eigenvalue weighted by atomic mass is 10.0. The molecule has 1 amide bonds. The Balaban J connectivity index is 1.44. The maximum Gasteiger partial charge on any atom is 0.251 e. The summed E-state index contributed by atoms with van der Waals surface area (Å²) in [5.41, 5.74) is 2.78. The maximum absolute atomic E-state index is 13.3. The predicted molar refractivity (Wildman–Crippen MR) is 135 cm³/mol. The van der Waals surface area contributed by atoms with Crippen LogP contribution in [0.1, 0.15) is 28.2 Å². The average Bonchev–Trinajstić information content (AvgIpc) is 3.34. The third-order valence-electron chi connectivity index (χ3n) is 6.21. The van der Waals surface area contributed by atoms with Crippen LogP contribution in [-0.2, 0) is 0 Å². The molecule has 0 aliphatic carbocycles. The first-order valence-electron chi connectivity index (χ1n) is 11.3. The highest BCUT2D eigenvalue weighted by molar-refractivity contribution is 7.10. The maximum atomic E-state index is 13.3. The van der Waals surface area contributed by atoms with Crippen LogP contribution in [0.25, 0.3) is 0 Å². The van der Waals surface area contributed by atoms with Gasteiger partial charge in [0.05, 0.1) is 6.04 Å². The van der Waals surface area contributed by atoms with Crippen LogP contribution in [0.2, 0.25) is 0 Å². The fourth-order valence-corrected chi connectivity index (χ4v) is 5.36. The Hall–Kier alpha value is -2.90. The van der Waals surface area contributed by atoms with Crippen LogP contribution in [0.15, 0.2) is 66.0 Å². The topological polar surface area (TPSA) is 38.8 Å². The third kappa shape index (κ3) is 5.54. The summed E-state index contributed by atoms with van der Waals surface area (Å²) < 4.78 is 13.3. The van der Waals surface area contributed by atoms with Crippen LogP contribution < -0.4 is 15.1 Å². The van der Waals surface area contributed by atoms with Crippen LogP contribution in [0, 0.1) is 5.82 Å². The molecule has 2 heterocycles. The third-order valence-corrected chi connectivity index (χ3v) is 7.16. The first-order chi connectivity index (χ1) is 15.9. The molecule has 1 aromatic heterocycles. The van der Waals surface area contributed by atoms with Gasteiger partial charge in [0.25, 0.3) is 5.91 Å². The Morgan fingerprint density at radius 1 is 1.00 bits per heavy atom. The lowest BCUT2D eigenvalue weighted by molar-refractivity contribution is 0.0890. The second kappa shape index (κ2) is 10.4. The minimum atomic E-state index is -0.212. The number of rotatable bonds is 7. The Labute approximate surface area is 199 Å². The van der Waals surface area contributed by atoms with Crippen molar-refractivity contribution in [3.63, 3.8) is 0 Å². The Morgan fingerprint density at radius 2 is 1.67 bits per heavy atom. The van der Waals surface area contributed by atoms with E-state index in [4.69, 9.17) is 0 Å². The zero-order valence-electron chi connectivity index (χ0n) is 19.4. The molecule has 174 valence electrons. The lowest BCUT2D eigenvalue weighted by Gasteiger charge is -2.42. The molecule has 1 saturated heterocycles. The SMILES string of the molecule is C[C@H](NC(=O)c1ccc(N(C)C)cc1)[C@@H](c1cccs1)N1CCN(c2ccc(F)cc2)CC1. The number of anilines is 2. The molecule has 1 fully saturated rings. The molecule has 0 unspecified atom stereocenters. The van der Waals surface area contributed by atoms with E-state index < -0.39 is 0 Å². The van der Waals surface area contributed by atoms with Crippen LogP contribution >= 0.6 is 11.3 Å². The summed E-state index contributed by atoms with van der Waals surface area (Å²) in [6.45, 7) is 5.55. The molecule has 0 bridgehead atoms. The molecule has 4 rings (SSSR count). The lowest BCUT2D eigenvalue weighted by Crippen LogP contribution is -2.52. The standard InChI is InChI=1S/C26H31FN4OS/c1-19(28-26(32)20-6-10-22(11-7-20)29(2)3)25(24-5-4-18-33-24)31-16-14-30(15-17-31)23-12-8-21(27)9-13-23/h4-13,18-19,25H,14-17H2,1-3H3,(H,28,32)/t19-,25-/m0/s1. The van der Waals surface area contributed by atoms with Crippen LogP contribution in [0.3, 0.4) is 0 Å². The summed E-state index contributed by atoms with van der Waals surface area (Å²) in [4.78, 5) is 21.0. The van der Waals surface area contributed by atoms with Gasteiger partial charge in [-0.3, -0.25) is 9.69 Å². The molecule has 33 heavy (non-hydrogen) atoms. The van der Waals surface area contributed by atoms with Crippen molar-refractivity contribution in [3.05, 3.63) is 82.3 Å². The van der Waals surface area contributed by atoms with Crippen molar-refractivity contribution >= 4 is 28.6 Å². The quantitative estimate of drug-likeness (QED) is 0.551. The minimum Gasteiger partial charge on any atom is -0.378 e. The molecule has 2 atom stereocenters. The van der Waals surface area contributed by atoms with Gasteiger partial charge >= 0.3 is 0 Å². The molecule has 1 aliphatic heterocycles. The van der Waals surface area contributed by atoms with E-state index in [-0.39, 0.29) is 23.8 Å². The molecule has 1 N–H and O–H groups in total. The number of carbonyl (C=O) groups is 1. The molecule has 0 radical (unpaired) electrons. The van der Waals surface area contributed by atoms with Crippen molar-refractivity contribution in [1.29, 1.82) is 0 Å². The number of nitrogens with zero attached hydrogens (tertiary/aromatic N) is 3. The number of piperazine rings is 1. The highest BCUT2D eigenvalue weighted by atomic mass is 32.1. The molecular formula is C26H31FN4OS. The summed E-state index contributed by atoms with van der Waals surface area (Å²) in [5, 5.41) is 5.33. The number of carbonyl (C=O) groups excluding carboxylic acids is 1. The number of benzene rings is 2. The smallest absolute Gasteiger partial charge is 0.251 e. The van der Waals surface area contributed by atoms with Gasteiger partial charge in [0.15, 0.2) is 0 Å². The second-order valence-corrected chi connectivity index (χ2v) is 9.64. The number of halogens is 1. The van der Waals surface area contributed by atoms with Gasteiger partial charge in [-0.15, -0.1) is 11.3 Å². The fourth-order valence-electron chi connectivity index (χ4n) is 4.39. The highest BCUT2D eigenvalue weighted by Gasteiger charge is 2.31. The van der Waals surface area contributed by atoms with Crippen molar-refractivity contribution in [1.82, 2.24) is 10.2 Å². The van der Waals surface area contributed by atoms with Gasteiger partial charge in [-0.2, -0.15) is 0 Å². The van der Waals surface area contributed by atoms with Gasteiger partial charge in [-0.1, -0.05) is 6.07 Å². The summed E-state index contributed by atoms with van der Waals surface area (Å²) >= 11 is 1.73. The van der Waals surface area contributed by atoms with Crippen molar-refractivity contribution in [2.75, 3.05) is 50.1 Å². The van der Waals surface area contributed by atoms with Gasteiger partial charge in [-0.05, 0) is 66.9 Å². The van der Waals surface area contributed by atoms with E-state index >= 15 is 0 Å². The number of thiophene rings is 1. The zero-order chi connectivity index (χ0) is 23.4. The molecule has 1 aliphatic rings.